The van der Waals surface area contributed by atoms with Crippen LogP contribution >= 0.6 is 15.9 Å². The molecule has 0 atom stereocenters. The number of nitrogens with one attached hydrogen (secondary N) is 1. The first-order valence-electron chi connectivity index (χ1n) is 6.49. The van der Waals surface area contributed by atoms with E-state index in [0.717, 1.165) is 28.6 Å². The van der Waals surface area contributed by atoms with Gasteiger partial charge in [0.2, 0.25) is 0 Å². The summed E-state index contributed by atoms with van der Waals surface area (Å²) in [6, 6.07) is 12.5. The Bertz CT molecular complexity index is 626. The van der Waals surface area contributed by atoms with Gasteiger partial charge in [0.25, 0.3) is 5.91 Å². The minimum atomic E-state index is -0.307. The lowest BCUT2D eigenvalue weighted by Crippen LogP contribution is -2.13. The Hall–Kier alpha value is -1.81. The number of anilines is 1. The molecule has 0 bridgehead atoms. The van der Waals surface area contributed by atoms with Crippen molar-refractivity contribution in [3.05, 3.63) is 58.1 Å². The van der Waals surface area contributed by atoms with Crippen LogP contribution < -0.4 is 5.32 Å². The van der Waals surface area contributed by atoms with Gasteiger partial charge in [0.1, 0.15) is 5.75 Å². The van der Waals surface area contributed by atoms with Gasteiger partial charge >= 0.3 is 0 Å². The lowest BCUT2D eigenvalue weighted by atomic mass is 10.1. The molecule has 2 N–H and O–H groups in total. The van der Waals surface area contributed by atoms with E-state index in [0.29, 0.717) is 0 Å². The molecule has 0 saturated carbocycles. The molecule has 4 heteroatoms. The van der Waals surface area contributed by atoms with Gasteiger partial charge in [0.05, 0.1) is 5.56 Å². The van der Waals surface area contributed by atoms with Crippen molar-refractivity contribution in [2.24, 2.45) is 0 Å². The first-order valence-corrected chi connectivity index (χ1v) is 7.29. The number of phenols is 1. The Balaban J connectivity index is 2.23. The third-order valence-electron chi connectivity index (χ3n) is 2.99. The standard InChI is InChI=1S/C16H16BrNO2/c1-2-5-11-6-3-4-7-14(11)18-16(20)13-9-8-12(17)10-15(13)19/h3-4,6-10,19H,2,5H2,1H3,(H,18,20). The smallest absolute Gasteiger partial charge is 0.259 e. The van der Waals surface area contributed by atoms with E-state index in [2.05, 4.69) is 28.2 Å². The number of carbonyl (C=O) groups excluding carboxylic acids is 1. The molecule has 0 radical (unpaired) electrons. The van der Waals surface area contributed by atoms with Gasteiger partial charge < -0.3 is 10.4 Å². The minimum absolute atomic E-state index is 0.0372. The van der Waals surface area contributed by atoms with E-state index in [1.165, 1.54) is 6.07 Å². The molecular formula is C16H16BrNO2. The van der Waals surface area contributed by atoms with Crippen LogP contribution in [0.4, 0.5) is 5.69 Å². The number of para-hydroxylation sites is 1. The number of phenolic OH excluding ortho intramolecular Hbond substituents is 1. The second-order valence-electron chi connectivity index (χ2n) is 4.52. The fraction of sp³-hybridized carbons (Fsp3) is 0.188. The Kier molecular flexibility index (Phi) is 4.79. The van der Waals surface area contributed by atoms with Crippen LogP contribution in [0, 0.1) is 0 Å². The van der Waals surface area contributed by atoms with Crippen LogP contribution in [0.1, 0.15) is 29.3 Å². The van der Waals surface area contributed by atoms with Crippen molar-refractivity contribution < 1.29 is 9.90 Å². The van der Waals surface area contributed by atoms with E-state index < -0.39 is 0 Å². The van der Waals surface area contributed by atoms with Gasteiger partial charge in [0, 0.05) is 10.2 Å². The molecule has 3 nitrogen and oxygen atoms in total. The van der Waals surface area contributed by atoms with E-state index in [1.807, 2.05) is 24.3 Å². The van der Waals surface area contributed by atoms with Gasteiger partial charge in [-0.1, -0.05) is 47.5 Å². The number of rotatable bonds is 4. The molecule has 0 aromatic heterocycles. The molecule has 2 aromatic carbocycles. The zero-order chi connectivity index (χ0) is 14.5. The fourth-order valence-corrected chi connectivity index (χ4v) is 2.37. The number of amides is 1. The largest absolute Gasteiger partial charge is 0.507 e. The SMILES string of the molecule is CCCc1ccccc1NC(=O)c1ccc(Br)cc1O. The van der Waals surface area contributed by atoms with E-state index >= 15 is 0 Å². The Morgan fingerprint density at radius 3 is 2.70 bits per heavy atom. The lowest BCUT2D eigenvalue weighted by molar-refractivity contribution is 0.102. The van der Waals surface area contributed by atoms with Gasteiger partial charge in [0.15, 0.2) is 0 Å². The van der Waals surface area contributed by atoms with Crippen molar-refractivity contribution >= 4 is 27.5 Å². The number of benzene rings is 2. The molecule has 2 rings (SSSR count). The third-order valence-corrected chi connectivity index (χ3v) is 3.48. The van der Waals surface area contributed by atoms with Crippen LogP contribution in [-0.2, 0) is 6.42 Å². The van der Waals surface area contributed by atoms with Crippen molar-refractivity contribution in [2.45, 2.75) is 19.8 Å². The van der Waals surface area contributed by atoms with Crippen LogP contribution in [-0.4, -0.2) is 11.0 Å². The lowest BCUT2D eigenvalue weighted by Gasteiger charge is -2.11. The molecule has 0 aliphatic heterocycles. The zero-order valence-corrected chi connectivity index (χ0v) is 12.8. The molecular weight excluding hydrogens is 318 g/mol. The first kappa shape index (κ1) is 14.6. The van der Waals surface area contributed by atoms with Crippen LogP contribution in [0.3, 0.4) is 0 Å². The summed E-state index contributed by atoms with van der Waals surface area (Å²) in [5.74, 6) is -0.344. The summed E-state index contributed by atoms with van der Waals surface area (Å²) in [5.41, 5.74) is 2.15. The molecule has 0 fully saturated rings. The predicted molar refractivity (Wildman–Crippen MR) is 84.2 cm³/mol. The van der Waals surface area contributed by atoms with Crippen LogP contribution in [0.2, 0.25) is 0 Å². The summed E-state index contributed by atoms with van der Waals surface area (Å²) in [4.78, 5) is 12.2. The maximum Gasteiger partial charge on any atom is 0.259 e. The highest BCUT2D eigenvalue weighted by molar-refractivity contribution is 9.10. The number of aromatic hydroxyl groups is 1. The Morgan fingerprint density at radius 1 is 1.25 bits per heavy atom. The second-order valence-corrected chi connectivity index (χ2v) is 5.44. The molecule has 0 aliphatic rings. The molecule has 0 spiro atoms. The normalized spacial score (nSPS) is 10.3. The minimum Gasteiger partial charge on any atom is -0.507 e. The van der Waals surface area contributed by atoms with Gasteiger partial charge in [-0.3, -0.25) is 4.79 Å². The van der Waals surface area contributed by atoms with Crippen molar-refractivity contribution in [1.29, 1.82) is 0 Å². The molecule has 1 amide bonds. The first-order chi connectivity index (χ1) is 9.61. The summed E-state index contributed by atoms with van der Waals surface area (Å²) in [6.45, 7) is 2.10. The highest BCUT2D eigenvalue weighted by Gasteiger charge is 2.12. The van der Waals surface area contributed by atoms with Gasteiger partial charge in [-0.15, -0.1) is 0 Å². The van der Waals surface area contributed by atoms with Crippen molar-refractivity contribution in [3.8, 4) is 5.75 Å². The summed E-state index contributed by atoms with van der Waals surface area (Å²) < 4.78 is 0.734. The summed E-state index contributed by atoms with van der Waals surface area (Å²) in [5, 5.41) is 12.7. The zero-order valence-electron chi connectivity index (χ0n) is 11.2. The van der Waals surface area contributed by atoms with Gasteiger partial charge in [-0.2, -0.15) is 0 Å². The van der Waals surface area contributed by atoms with Crippen LogP contribution in [0.25, 0.3) is 0 Å². The molecule has 0 heterocycles. The average Bonchev–Trinajstić information content (AvgIpc) is 2.41. The predicted octanol–water partition coefficient (Wildman–Crippen LogP) is 4.36. The van der Waals surface area contributed by atoms with Gasteiger partial charge in [-0.25, -0.2) is 0 Å². The number of halogens is 1. The maximum absolute atomic E-state index is 12.2. The van der Waals surface area contributed by atoms with E-state index in [1.54, 1.807) is 12.1 Å². The number of hydrogen-bond acceptors (Lipinski definition) is 2. The highest BCUT2D eigenvalue weighted by atomic mass is 79.9. The third kappa shape index (κ3) is 3.39. The molecule has 104 valence electrons. The van der Waals surface area contributed by atoms with Crippen LogP contribution in [0.15, 0.2) is 46.9 Å². The number of hydrogen-bond donors (Lipinski definition) is 2. The number of carbonyl (C=O) groups is 1. The molecule has 0 aliphatic carbocycles. The molecule has 0 unspecified atom stereocenters. The maximum atomic E-state index is 12.2. The molecule has 0 saturated heterocycles. The monoisotopic (exact) mass is 333 g/mol. The van der Waals surface area contributed by atoms with Crippen molar-refractivity contribution in [1.82, 2.24) is 0 Å². The second kappa shape index (κ2) is 6.57. The quantitative estimate of drug-likeness (QED) is 0.873. The highest BCUT2D eigenvalue weighted by Crippen LogP contribution is 2.24. The summed E-state index contributed by atoms with van der Waals surface area (Å²) >= 11 is 3.25. The van der Waals surface area contributed by atoms with Crippen LogP contribution in [0.5, 0.6) is 5.75 Å². The summed E-state index contributed by atoms with van der Waals surface area (Å²) in [7, 11) is 0. The van der Waals surface area contributed by atoms with E-state index in [9.17, 15) is 9.90 Å². The molecule has 20 heavy (non-hydrogen) atoms. The van der Waals surface area contributed by atoms with Crippen molar-refractivity contribution in [3.63, 3.8) is 0 Å². The van der Waals surface area contributed by atoms with Crippen molar-refractivity contribution in [2.75, 3.05) is 5.32 Å². The van der Waals surface area contributed by atoms with E-state index in [4.69, 9.17) is 0 Å². The Labute approximate surface area is 126 Å². The average molecular weight is 334 g/mol. The van der Waals surface area contributed by atoms with E-state index in [-0.39, 0.29) is 17.2 Å². The topological polar surface area (TPSA) is 49.3 Å². The molecule has 2 aromatic rings. The number of aryl methyl sites for hydroxylation is 1. The fourth-order valence-electron chi connectivity index (χ4n) is 2.02. The summed E-state index contributed by atoms with van der Waals surface area (Å²) in [6.07, 6.45) is 1.92. The Morgan fingerprint density at radius 2 is 2.00 bits per heavy atom. The van der Waals surface area contributed by atoms with Gasteiger partial charge in [-0.05, 0) is 36.2 Å².